The molecule has 0 amide bonds. The van der Waals surface area contributed by atoms with Gasteiger partial charge in [-0.25, -0.2) is 8.42 Å². The Morgan fingerprint density at radius 1 is 1.39 bits per heavy atom. The van der Waals surface area contributed by atoms with E-state index in [1.807, 2.05) is 12.1 Å². The van der Waals surface area contributed by atoms with Gasteiger partial charge in [0.1, 0.15) is 0 Å². The topological polar surface area (TPSA) is 101 Å². The maximum absolute atomic E-state index is 11.6. The van der Waals surface area contributed by atoms with Gasteiger partial charge in [0.15, 0.2) is 15.7 Å². The van der Waals surface area contributed by atoms with Crippen LogP contribution in [0, 0.1) is 0 Å². The van der Waals surface area contributed by atoms with Crippen molar-refractivity contribution in [1.82, 2.24) is 20.2 Å². The zero-order valence-electron chi connectivity index (χ0n) is 12.8. The van der Waals surface area contributed by atoms with Gasteiger partial charge in [-0.05, 0) is 18.1 Å². The molecule has 1 unspecified atom stereocenters. The largest absolute Gasteiger partial charge is 0.364 e. The molecule has 0 aliphatic carbocycles. The second-order valence-corrected chi connectivity index (χ2v) is 7.75. The molecule has 0 spiro atoms. The summed E-state index contributed by atoms with van der Waals surface area (Å²) in [6.45, 7) is 0.577. The van der Waals surface area contributed by atoms with E-state index in [1.165, 1.54) is 0 Å². The van der Waals surface area contributed by atoms with Crippen LogP contribution in [-0.4, -0.2) is 53.2 Å². The molecule has 2 aromatic rings. The monoisotopic (exact) mass is 334 g/mol. The highest BCUT2D eigenvalue weighted by atomic mass is 32.2. The predicted octanol–water partition coefficient (Wildman–Crippen LogP) is 0.502. The van der Waals surface area contributed by atoms with E-state index in [0.717, 1.165) is 5.56 Å². The molecule has 0 saturated carbocycles. The van der Waals surface area contributed by atoms with Crippen molar-refractivity contribution in [3.63, 3.8) is 0 Å². The van der Waals surface area contributed by atoms with Crippen molar-refractivity contribution in [2.24, 2.45) is 0 Å². The highest BCUT2D eigenvalue weighted by Crippen LogP contribution is 2.20. The minimum absolute atomic E-state index is 0.102. The predicted molar refractivity (Wildman–Crippen MR) is 86.9 cm³/mol. The Morgan fingerprint density at radius 2 is 2.26 bits per heavy atom. The first-order valence-electron chi connectivity index (χ1n) is 7.29. The summed E-state index contributed by atoms with van der Waals surface area (Å²) in [5, 5.41) is 11.1. The molecule has 9 heteroatoms. The SMILES string of the molecule is CN(c1nncc(NCc2cccnc2)n1)C1CCS(=O)(=O)C1. The molecule has 3 heterocycles. The zero-order chi connectivity index (χ0) is 16.3. The van der Waals surface area contributed by atoms with Crippen molar-refractivity contribution in [2.75, 3.05) is 28.8 Å². The summed E-state index contributed by atoms with van der Waals surface area (Å²) in [6, 6.07) is 3.73. The molecule has 1 atom stereocenters. The molecule has 1 saturated heterocycles. The number of pyridine rings is 1. The van der Waals surface area contributed by atoms with E-state index in [0.29, 0.717) is 24.7 Å². The fourth-order valence-electron chi connectivity index (χ4n) is 2.47. The lowest BCUT2D eigenvalue weighted by atomic mass is 10.2. The van der Waals surface area contributed by atoms with Gasteiger partial charge in [-0.2, -0.15) is 10.1 Å². The third-order valence-corrected chi connectivity index (χ3v) is 5.57. The molecule has 0 bridgehead atoms. The fraction of sp³-hybridized carbons (Fsp3) is 0.429. The maximum Gasteiger partial charge on any atom is 0.247 e. The molecule has 1 N–H and O–H groups in total. The van der Waals surface area contributed by atoms with Crippen LogP contribution in [0.1, 0.15) is 12.0 Å². The van der Waals surface area contributed by atoms with Crippen LogP contribution in [0.5, 0.6) is 0 Å². The molecular weight excluding hydrogens is 316 g/mol. The van der Waals surface area contributed by atoms with Crippen LogP contribution < -0.4 is 10.2 Å². The fourth-order valence-corrected chi connectivity index (χ4v) is 4.24. The smallest absolute Gasteiger partial charge is 0.247 e. The van der Waals surface area contributed by atoms with Crippen LogP contribution in [0.4, 0.5) is 11.8 Å². The van der Waals surface area contributed by atoms with Crippen LogP contribution >= 0.6 is 0 Å². The number of sulfone groups is 1. The van der Waals surface area contributed by atoms with Crippen LogP contribution in [0.15, 0.2) is 30.7 Å². The lowest BCUT2D eigenvalue weighted by Crippen LogP contribution is -2.34. The van der Waals surface area contributed by atoms with Crippen molar-refractivity contribution in [2.45, 2.75) is 19.0 Å². The third kappa shape index (κ3) is 3.92. The van der Waals surface area contributed by atoms with E-state index >= 15 is 0 Å². The standard InChI is InChI=1S/C14H18N6O2S/c1-20(12-4-6-23(21,22)10-12)14-18-13(9-17-19-14)16-8-11-3-2-5-15-7-11/h2-3,5,7,9,12H,4,6,8,10H2,1H3,(H,16,18,19). The Morgan fingerprint density at radius 3 is 2.96 bits per heavy atom. The van der Waals surface area contributed by atoms with Crippen LogP contribution in [-0.2, 0) is 16.4 Å². The summed E-state index contributed by atoms with van der Waals surface area (Å²) < 4.78 is 23.2. The van der Waals surface area contributed by atoms with E-state index < -0.39 is 9.84 Å². The molecule has 2 aromatic heterocycles. The molecular formula is C14H18N6O2S. The Balaban J connectivity index is 1.67. The lowest BCUT2D eigenvalue weighted by Gasteiger charge is -2.22. The molecule has 1 aliphatic heterocycles. The number of nitrogens with zero attached hydrogens (tertiary/aromatic N) is 5. The van der Waals surface area contributed by atoms with Gasteiger partial charge in [-0.15, -0.1) is 5.10 Å². The van der Waals surface area contributed by atoms with Crippen molar-refractivity contribution >= 4 is 21.6 Å². The summed E-state index contributed by atoms with van der Waals surface area (Å²) in [5.74, 6) is 1.36. The molecule has 0 aromatic carbocycles. The van der Waals surface area contributed by atoms with Gasteiger partial charge in [0.25, 0.3) is 0 Å². The average molecular weight is 334 g/mol. The summed E-state index contributed by atoms with van der Waals surface area (Å²) >= 11 is 0. The van der Waals surface area contributed by atoms with Gasteiger partial charge >= 0.3 is 0 Å². The first kappa shape index (κ1) is 15.6. The van der Waals surface area contributed by atoms with E-state index in [-0.39, 0.29) is 17.5 Å². The van der Waals surface area contributed by atoms with Gasteiger partial charge in [0, 0.05) is 32.0 Å². The molecule has 1 aliphatic rings. The number of aromatic nitrogens is 4. The summed E-state index contributed by atoms with van der Waals surface area (Å²) in [4.78, 5) is 10.2. The Kier molecular flexibility index (Phi) is 4.37. The Bertz CT molecular complexity index is 768. The number of nitrogens with one attached hydrogen (secondary N) is 1. The van der Waals surface area contributed by atoms with Gasteiger partial charge in [-0.1, -0.05) is 6.07 Å². The van der Waals surface area contributed by atoms with Gasteiger partial charge < -0.3 is 10.2 Å². The molecule has 23 heavy (non-hydrogen) atoms. The van der Waals surface area contributed by atoms with E-state index in [2.05, 4.69) is 25.5 Å². The number of anilines is 2. The van der Waals surface area contributed by atoms with Gasteiger partial charge in [0.2, 0.25) is 5.95 Å². The van der Waals surface area contributed by atoms with E-state index in [4.69, 9.17) is 0 Å². The minimum atomic E-state index is -2.95. The van der Waals surface area contributed by atoms with Crippen molar-refractivity contribution < 1.29 is 8.42 Å². The van der Waals surface area contributed by atoms with Crippen molar-refractivity contribution in [3.05, 3.63) is 36.3 Å². The molecule has 0 radical (unpaired) electrons. The second kappa shape index (κ2) is 6.45. The number of hydrogen-bond donors (Lipinski definition) is 1. The third-order valence-electron chi connectivity index (χ3n) is 3.82. The maximum atomic E-state index is 11.6. The van der Waals surface area contributed by atoms with Gasteiger partial charge in [0.05, 0.1) is 17.7 Å². The Hall–Kier alpha value is -2.29. The highest BCUT2D eigenvalue weighted by Gasteiger charge is 2.31. The Labute approximate surface area is 134 Å². The van der Waals surface area contributed by atoms with Crippen molar-refractivity contribution in [1.29, 1.82) is 0 Å². The molecule has 3 rings (SSSR count). The second-order valence-electron chi connectivity index (χ2n) is 5.52. The number of rotatable bonds is 5. The van der Waals surface area contributed by atoms with Crippen LogP contribution in [0.25, 0.3) is 0 Å². The first-order valence-corrected chi connectivity index (χ1v) is 9.11. The quantitative estimate of drug-likeness (QED) is 0.844. The summed E-state index contributed by atoms with van der Waals surface area (Å²) in [6.07, 6.45) is 5.63. The summed E-state index contributed by atoms with van der Waals surface area (Å²) in [7, 11) is -1.15. The van der Waals surface area contributed by atoms with Crippen molar-refractivity contribution in [3.8, 4) is 0 Å². The van der Waals surface area contributed by atoms with Gasteiger partial charge in [-0.3, -0.25) is 4.98 Å². The molecule has 1 fully saturated rings. The molecule has 122 valence electrons. The summed E-state index contributed by atoms with van der Waals surface area (Å²) in [5.41, 5.74) is 1.03. The minimum Gasteiger partial charge on any atom is -0.364 e. The highest BCUT2D eigenvalue weighted by molar-refractivity contribution is 7.91. The average Bonchev–Trinajstić information content (AvgIpc) is 2.93. The van der Waals surface area contributed by atoms with E-state index in [9.17, 15) is 8.42 Å². The van der Waals surface area contributed by atoms with Crippen LogP contribution in [0.3, 0.4) is 0 Å². The first-order chi connectivity index (χ1) is 11.0. The lowest BCUT2D eigenvalue weighted by molar-refractivity contribution is 0.600. The normalized spacial score (nSPS) is 19.4. The number of hydrogen-bond acceptors (Lipinski definition) is 8. The molecule has 8 nitrogen and oxygen atoms in total. The van der Waals surface area contributed by atoms with Crippen LogP contribution in [0.2, 0.25) is 0 Å². The zero-order valence-corrected chi connectivity index (χ0v) is 13.6. The van der Waals surface area contributed by atoms with E-state index in [1.54, 1.807) is 30.5 Å².